The lowest BCUT2D eigenvalue weighted by atomic mass is 9.78. The van der Waals surface area contributed by atoms with E-state index in [0.717, 1.165) is 48.2 Å². The molecule has 1 saturated heterocycles. The number of nitriles is 1. The van der Waals surface area contributed by atoms with E-state index < -0.39 is 0 Å². The van der Waals surface area contributed by atoms with Crippen molar-refractivity contribution < 1.29 is 23.7 Å². The van der Waals surface area contributed by atoms with Crippen molar-refractivity contribution in [2.24, 2.45) is 0 Å². The SMILES string of the molecule is COc1ccc(C2=C(C#N)N3CCC[C@H]3C[C@@H]2c2cc(OC)c(OC)c(OC)c2)cc1OC. The van der Waals surface area contributed by atoms with Crippen LogP contribution in [0.3, 0.4) is 0 Å². The molecule has 0 unspecified atom stereocenters. The quantitative estimate of drug-likeness (QED) is 0.610. The van der Waals surface area contributed by atoms with Crippen molar-refractivity contribution in [3.8, 4) is 34.8 Å². The molecule has 0 aromatic heterocycles. The molecular weight excluding hydrogens is 420 g/mol. The maximum atomic E-state index is 10.3. The third-order valence-corrected chi connectivity index (χ3v) is 6.67. The van der Waals surface area contributed by atoms with Gasteiger partial charge in [-0.15, -0.1) is 0 Å². The van der Waals surface area contributed by atoms with Gasteiger partial charge in [0.25, 0.3) is 0 Å². The van der Waals surface area contributed by atoms with E-state index in [9.17, 15) is 5.26 Å². The van der Waals surface area contributed by atoms with Gasteiger partial charge in [0.15, 0.2) is 23.0 Å². The van der Waals surface area contributed by atoms with E-state index in [1.807, 2.05) is 30.3 Å². The number of benzene rings is 2. The zero-order valence-electron chi connectivity index (χ0n) is 19.8. The van der Waals surface area contributed by atoms with E-state index in [-0.39, 0.29) is 5.92 Å². The van der Waals surface area contributed by atoms with E-state index >= 15 is 0 Å². The van der Waals surface area contributed by atoms with Crippen LogP contribution in [0.25, 0.3) is 5.57 Å². The predicted octanol–water partition coefficient (Wildman–Crippen LogP) is 4.62. The molecular formula is C26H30N2O5. The molecule has 2 heterocycles. The van der Waals surface area contributed by atoms with Crippen LogP contribution in [0.15, 0.2) is 36.0 Å². The van der Waals surface area contributed by atoms with Crippen LogP contribution in [0.5, 0.6) is 28.7 Å². The molecule has 2 atom stereocenters. The van der Waals surface area contributed by atoms with Crippen molar-refractivity contribution in [1.82, 2.24) is 4.90 Å². The number of ether oxygens (including phenoxy) is 5. The summed E-state index contributed by atoms with van der Waals surface area (Å²) in [7, 11) is 8.07. The molecule has 0 spiro atoms. The number of methoxy groups -OCH3 is 5. The number of nitrogens with zero attached hydrogens (tertiary/aromatic N) is 2. The third kappa shape index (κ3) is 3.91. The van der Waals surface area contributed by atoms with Crippen LogP contribution < -0.4 is 23.7 Å². The number of hydrogen-bond acceptors (Lipinski definition) is 7. The van der Waals surface area contributed by atoms with Crippen LogP contribution in [-0.4, -0.2) is 53.0 Å². The van der Waals surface area contributed by atoms with E-state index in [1.54, 1.807) is 35.5 Å². The average Bonchev–Trinajstić information content (AvgIpc) is 3.34. The third-order valence-electron chi connectivity index (χ3n) is 6.67. The molecule has 0 bridgehead atoms. The Bertz CT molecular complexity index is 1080. The van der Waals surface area contributed by atoms with Crippen LogP contribution in [0.1, 0.15) is 36.3 Å². The van der Waals surface area contributed by atoms with Gasteiger partial charge in [0, 0.05) is 24.1 Å². The minimum absolute atomic E-state index is 0.0224. The number of allylic oxidation sites excluding steroid dienone is 2. The topological polar surface area (TPSA) is 73.2 Å². The highest BCUT2D eigenvalue weighted by molar-refractivity contribution is 5.79. The fourth-order valence-electron chi connectivity index (χ4n) is 5.16. The summed E-state index contributed by atoms with van der Waals surface area (Å²) in [6.07, 6.45) is 3.05. The smallest absolute Gasteiger partial charge is 0.203 e. The van der Waals surface area contributed by atoms with Gasteiger partial charge in [0.1, 0.15) is 11.8 Å². The molecule has 0 saturated carbocycles. The summed E-state index contributed by atoms with van der Waals surface area (Å²) < 4.78 is 27.8. The van der Waals surface area contributed by atoms with Crippen LogP contribution >= 0.6 is 0 Å². The molecule has 2 aliphatic rings. The lowest BCUT2D eigenvalue weighted by Gasteiger charge is -2.38. The van der Waals surface area contributed by atoms with Gasteiger partial charge >= 0.3 is 0 Å². The standard InChI is InChI=1S/C26H30N2O5/c1-29-21-9-8-16(11-22(21)30-2)25-19(14-18-7-6-10-28(18)20(25)15-27)17-12-23(31-3)26(33-5)24(13-17)32-4/h8-9,11-13,18-19H,6-7,10,14H2,1-5H3/t18-,19+/m0/s1. The Hall–Kier alpha value is -3.53. The lowest BCUT2D eigenvalue weighted by molar-refractivity contribution is 0.292. The Balaban J connectivity index is 1.94. The molecule has 2 aromatic carbocycles. The number of hydrogen-bond donors (Lipinski definition) is 0. The summed E-state index contributed by atoms with van der Waals surface area (Å²) >= 11 is 0. The molecule has 0 N–H and O–H groups in total. The second-order valence-corrected chi connectivity index (χ2v) is 8.18. The summed E-state index contributed by atoms with van der Waals surface area (Å²) in [5, 5.41) is 10.3. The Morgan fingerprint density at radius 1 is 0.848 bits per heavy atom. The van der Waals surface area contributed by atoms with Crippen molar-refractivity contribution in [2.75, 3.05) is 42.1 Å². The van der Waals surface area contributed by atoms with Crippen LogP contribution in [-0.2, 0) is 0 Å². The molecule has 174 valence electrons. The highest BCUT2D eigenvalue weighted by Gasteiger charge is 2.39. The summed E-state index contributed by atoms with van der Waals surface area (Å²) in [4.78, 5) is 2.26. The molecule has 0 amide bonds. The Morgan fingerprint density at radius 3 is 2.09 bits per heavy atom. The Labute approximate surface area is 195 Å². The molecule has 2 aliphatic heterocycles. The molecule has 2 aromatic rings. The van der Waals surface area contributed by atoms with Gasteiger partial charge in [-0.05, 0) is 54.7 Å². The molecule has 0 radical (unpaired) electrons. The molecule has 0 aliphatic carbocycles. The van der Waals surface area contributed by atoms with Crippen molar-refractivity contribution in [3.63, 3.8) is 0 Å². The maximum Gasteiger partial charge on any atom is 0.203 e. The molecule has 7 nitrogen and oxygen atoms in total. The molecule has 7 heteroatoms. The number of rotatable bonds is 7. The van der Waals surface area contributed by atoms with Gasteiger partial charge in [-0.2, -0.15) is 5.26 Å². The van der Waals surface area contributed by atoms with Gasteiger partial charge in [-0.25, -0.2) is 0 Å². The number of fused-ring (bicyclic) bond motifs is 1. The highest BCUT2D eigenvalue weighted by Crippen LogP contribution is 2.50. The first kappa shape index (κ1) is 22.7. The van der Waals surface area contributed by atoms with E-state index in [1.165, 1.54) is 0 Å². The molecule has 33 heavy (non-hydrogen) atoms. The summed E-state index contributed by atoms with van der Waals surface area (Å²) in [5.74, 6) is 3.02. The van der Waals surface area contributed by atoms with Crippen LogP contribution in [0, 0.1) is 11.3 Å². The van der Waals surface area contributed by atoms with Crippen molar-refractivity contribution in [3.05, 3.63) is 47.2 Å². The van der Waals surface area contributed by atoms with Gasteiger partial charge in [0.2, 0.25) is 5.75 Å². The lowest BCUT2D eigenvalue weighted by Crippen LogP contribution is -2.35. The van der Waals surface area contributed by atoms with Gasteiger partial charge in [-0.1, -0.05) is 6.07 Å². The summed E-state index contributed by atoms with van der Waals surface area (Å²) in [5.41, 5.74) is 3.66. The normalized spacial score (nSPS) is 19.6. The first-order chi connectivity index (χ1) is 16.1. The Morgan fingerprint density at radius 2 is 1.52 bits per heavy atom. The van der Waals surface area contributed by atoms with E-state index in [2.05, 4.69) is 11.0 Å². The summed E-state index contributed by atoms with van der Waals surface area (Å²) in [6.45, 7) is 0.895. The predicted molar refractivity (Wildman–Crippen MR) is 125 cm³/mol. The maximum absolute atomic E-state index is 10.3. The minimum atomic E-state index is -0.0224. The van der Waals surface area contributed by atoms with Crippen molar-refractivity contribution in [1.29, 1.82) is 5.26 Å². The van der Waals surface area contributed by atoms with Gasteiger partial charge < -0.3 is 28.6 Å². The van der Waals surface area contributed by atoms with Crippen molar-refractivity contribution in [2.45, 2.75) is 31.2 Å². The summed E-state index contributed by atoms with van der Waals surface area (Å²) in [6, 6.07) is 12.7. The zero-order chi connectivity index (χ0) is 23.5. The van der Waals surface area contributed by atoms with Gasteiger partial charge in [0.05, 0.1) is 35.5 Å². The molecule has 1 fully saturated rings. The van der Waals surface area contributed by atoms with Crippen molar-refractivity contribution >= 4 is 5.57 Å². The van der Waals surface area contributed by atoms with E-state index in [0.29, 0.717) is 34.8 Å². The Kier molecular flexibility index (Phi) is 6.55. The second-order valence-electron chi connectivity index (χ2n) is 8.18. The zero-order valence-corrected chi connectivity index (χ0v) is 19.8. The first-order valence-corrected chi connectivity index (χ1v) is 11.0. The second kappa shape index (κ2) is 9.53. The van der Waals surface area contributed by atoms with Crippen LogP contribution in [0.2, 0.25) is 0 Å². The minimum Gasteiger partial charge on any atom is -0.493 e. The average molecular weight is 451 g/mol. The monoisotopic (exact) mass is 450 g/mol. The first-order valence-electron chi connectivity index (χ1n) is 11.0. The van der Waals surface area contributed by atoms with Crippen LogP contribution in [0.4, 0.5) is 0 Å². The largest absolute Gasteiger partial charge is 0.493 e. The van der Waals surface area contributed by atoms with E-state index in [4.69, 9.17) is 23.7 Å². The molecule has 4 rings (SSSR count). The fourth-order valence-corrected chi connectivity index (χ4v) is 5.16. The highest BCUT2D eigenvalue weighted by atomic mass is 16.5. The van der Waals surface area contributed by atoms with Gasteiger partial charge in [-0.3, -0.25) is 0 Å². The fraction of sp³-hybridized carbons (Fsp3) is 0.423.